The van der Waals surface area contributed by atoms with Gasteiger partial charge >= 0.3 is 29.6 Å². The van der Waals surface area contributed by atoms with E-state index >= 15 is 0 Å². The minimum Gasteiger partial charge on any atom is -0.726 e. The molecule has 0 heterocycles. The Hall–Kier alpha value is -0.190. The Bertz CT molecular complexity index is 769. The second-order valence-electron chi connectivity index (χ2n) is 12.7. The molecule has 0 bridgehead atoms. The Kier molecular flexibility index (Phi) is 36.6. The van der Waals surface area contributed by atoms with Crippen LogP contribution < -0.4 is 40.2 Å². The molecule has 1 unspecified atom stereocenters. The van der Waals surface area contributed by atoms with Crippen molar-refractivity contribution in [3.8, 4) is 0 Å². The molecule has 0 rings (SSSR count). The summed E-state index contributed by atoms with van der Waals surface area (Å²) in [4.78, 5) is 25.0. The Balaban J connectivity index is 0. The Morgan fingerprint density at radius 2 is 0.911 bits per heavy atom. The maximum absolute atomic E-state index is 12.6. The molecule has 0 fully saturated rings. The van der Waals surface area contributed by atoms with Gasteiger partial charge in [-0.2, -0.15) is 0 Å². The second-order valence-corrected chi connectivity index (χ2v) is 13.7. The standard InChI is InChI=1S/C35H70N2O6S.Na/c1-3-5-7-9-11-13-15-17-18-19-20-22-24-26-28-30-34(38)37-33(32-43-44(40,41)42)35(39)36-31-29-27-25-23-21-16-14-12-10-8-6-4-2;/h33H,3-32H2,1-2H3,(H,36,39)(H,37,38)(H,40,41,42);/q;+1/p-1. The van der Waals surface area contributed by atoms with Gasteiger partial charge in [0.1, 0.15) is 6.04 Å². The minimum atomic E-state index is -4.96. The van der Waals surface area contributed by atoms with Gasteiger partial charge in [-0.15, -0.1) is 0 Å². The molecular formula is C35H69N2NaO6S. The van der Waals surface area contributed by atoms with Crippen LogP contribution in [0.15, 0.2) is 0 Å². The van der Waals surface area contributed by atoms with Crippen molar-refractivity contribution in [2.75, 3.05) is 13.2 Å². The van der Waals surface area contributed by atoms with Gasteiger partial charge < -0.3 is 15.2 Å². The number of hydrogen-bond acceptors (Lipinski definition) is 6. The van der Waals surface area contributed by atoms with Crippen LogP contribution in [0.5, 0.6) is 0 Å². The zero-order valence-corrected chi connectivity index (χ0v) is 32.5. The second kappa shape index (κ2) is 35.1. The first-order chi connectivity index (χ1) is 21.3. The number of carbonyl (C=O) groups is 2. The minimum absolute atomic E-state index is 0. The molecule has 10 heteroatoms. The van der Waals surface area contributed by atoms with E-state index in [1.54, 1.807) is 0 Å². The monoisotopic (exact) mass is 668 g/mol. The maximum Gasteiger partial charge on any atom is 1.00 e. The van der Waals surface area contributed by atoms with Gasteiger partial charge in [-0.3, -0.25) is 13.8 Å². The van der Waals surface area contributed by atoms with E-state index in [-0.39, 0.29) is 41.9 Å². The first-order valence-electron chi connectivity index (χ1n) is 18.5. The van der Waals surface area contributed by atoms with Gasteiger partial charge in [-0.25, -0.2) is 8.42 Å². The number of nitrogens with one attached hydrogen (secondary N) is 2. The third kappa shape index (κ3) is 36.5. The molecule has 8 nitrogen and oxygen atoms in total. The average Bonchev–Trinajstić information content (AvgIpc) is 2.99. The molecule has 0 aliphatic heterocycles. The van der Waals surface area contributed by atoms with Crippen molar-refractivity contribution in [1.29, 1.82) is 0 Å². The van der Waals surface area contributed by atoms with Gasteiger partial charge in [0, 0.05) is 13.0 Å². The summed E-state index contributed by atoms with van der Waals surface area (Å²) < 4.78 is 37.1. The van der Waals surface area contributed by atoms with Crippen molar-refractivity contribution in [2.45, 2.75) is 200 Å². The molecule has 2 amide bonds. The average molecular weight is 669 g/mol. The predicted molar refractivity (Wildman–Crippen MR) is 181 cm³/mol. The van der Waals surface area contributed by atoms with Crippen LogP contribution in [0.3, 0.4) is 0 Å². The van der Waals surface area contributed by atoms with E-state index in [4.69, 9.17) is 0 Å². The molecule has 0 aliphatic rings. The molecule has 0 spiro atoms. The van der Waals surface area contributed by atoms with Crippen molar-refractivity contribution in [1.82, 2.24) is 10.6 Å². The van der Waals surface area contributed by atoms with Crippen LogP contribution >= 0.6 is 0 Å². The molecule has 1 atom stereocenters. The fourth-order valence-electron chi connectivity index (χ4n) is 5.56. The summed E-state index contributed by atoms with van der Waals surface area (Å²) in [6.07, 6.45) is 33.4. The van der Waals surface area contributed by atoms with Crippen LogP contribution in [-0.2, 0) is 24.2 Å². The third-order valence-corrected chi connectivity index (χ3v) is 8.79. The number of hydrogen-bond donors (Lipinski definition) is 2. The molecule has 0 aromatic heterocycles. The Labute approximate surface area is 300 Å². The molecule has 2 N–H and O–H groups in total. The van der Waals surface area contributed by atoms with Crippen LogP contribution in [0.2, 0.25) is 0 Å². The summed E-state index contributed by atoms with van der Waals surface area (Å²) in [5.41, 5.74) is 0. The van der Waals surface area contributed by atoms with E-state index in [9.17, 15) is 22.6 Å². The van der Waals surface area contributed by atoms with E-state index in [2.05, 4.69) is 28.7 Å². The third-order valence-electron chi connectivity index (χ3n) is 8.37. The first-order valence-corrected chi connectivity index (χ1v) is 19.8. The predicted octanol–water partition coefficient (Wildman–Crippen LogP) is 6.03. The van der Waals surface area contributed by atoms with Gasteiger partial charge in [0.25, 0.3) is 0 Å². The van der Waals surface area contributed by atoms with Gasteiger partial charge in [-0.1, -0.05) is 174 Å². The van der Waals surface area contributed by atoms with Crippen molar-refractivity contribution in [3.63, 3.8) is 0 Å². The fourth-order valence-corrected chi connectivity index (χ4v) is 5.86. The smallest absolute Gasteiger partial charge is 0.726 e. The van der Waals surface area contributed by atoms with E-state index in [1.165, 1.54) is 128 Å². The molecule has 0 saturated heterocycles. The maximum atomic E-state index is 12.6. The summed E-state index contributed by atoms with van der Waals surface area (Å²) in [6.45, 7) is 4.23. The number of rotatable bonds is 34. The SMILES string of the molecule is CCCCCCCCCCCCCCCCCC(=O)NC(COS(=O)(=O)[O-])C(=O)NCCCCCCCCCCCCCC.[Na+]. The molecule has 0 saturated carbocycles. The molecule has 0 aromatic carbocycles. The summed E-state index contributed by atoms with van der Waals surface area (Å²) in [6, 6.07) is -1.21. The van der Waals surface area contributed by atoms with Gasteiger partial charge in [0.2, 0.25) is 22.2 Å². The van der Waals surface area contributed by atoms with Crippen molar-refractivity contribution in [2.24, 2.45) is 0 Å². The van der Waals surface area contributed by atoms with E-state index in [1.807, 2.05) is 0 Å². The molecule has 0 aromatic rings. The van der Waals surface area contributed by atoms with Crippen LogP contribution in [-0.4, -0.2) is 44.0 Å². The van der Waals surface area contributed by atoms with Crippen molar-refractivity contribution in [3.05, 3.63) is 0 Å². The van der Waals surface area contributed by atoms with Crippen LogP contribution in [0, 0.1) is 0 Å². The van der Waals surface area contributed by atoms with Crippen LogP contribution in [0.25, 0.3) is 0 Å². The van der Waals surface area contributed by atoms with Crippen molar-refractivity contribution >= 4 is 22.2 Å². The Morgan fingerprint density at radius 3 is 1.27 bits per heavy atom. The normalized spacial score (nSPS) is 12.1. The fraction of sp³-hybridized carbons (Fsp3) is 0.943. The van der Waals surface area contributed by atoms with Crippen LogP contribution in [0.1, 0.15) is 194 Å². The quantitative estimate of drug-likeness (QED) is 0.0374. The summed E-state index contributed by atoms with van der Waals surface area (Å²) in [5, 5.41) is 5.31. The topological polar surface area (TPSA) is 125 Å². The van der Waals surface area contributed by atoms with Gasteiger partial charge in [0.15, 0.2) is 0 Å². The summed E-state index contributed by atoms with van der Waals surface area (Å²) in [7, 11) is -4.96. The molecule has 0 aliphatic carbocycles. The van der Waals surface area contributed by atoms with E-state index < -0.39 is 29.0 Å². The molecular weight excluding hydrogens is 599 g/mol. The van der Waals surface area contributed by atoms with Crippen molar-refractivity contribution < 1.29 is 56.3 Å². The molecule has 45 heavy (non-hydrogen) atoms. The largest absolute Gasteiger partial charge is 1.00 e. The Morgan fingerprint density at radius 1 is 0.578 bits per heavy atom. The summed E-state index contributed by atoms with van der Waals surface area (Å²) >= 11 is 0. The van der Waals surface area contributed by atoms with E-state index in [0.717, 1.165) is 38.5 Å². The number of amides is 2. The zero-order chi connectivity index (χ0) is 32.6. The van der Waals surface area contributed by atoms with Crippen LogP contribution in [0.4, 0.5) is 0 Å². The summed E-state index contributed by atoms with van der Waals surface area (Å²) in [5.74, 6) is -0.862. The van der Waals surface area contributed by atoms with Gasteiger partial charge in [-0.05, 0) is 12.8 Å². The molecule has 0 radical (unpaired) electrons. The first kappa shape index (κ1) is 46.9. The number of unbranched alkanes of at least 4 members (excludes halogenated alkanes) is 25. The van der Waals surface area contributed by atoms with Gasteiger partial charge in [0.05, 0.1) is 6.61 Å². The van der Waals surface area contributed by atoms with E-state index in [0.29, 0.717) is 13.0 Å². The zero-order valence-electron chi connectivity index (χ0n) is 29.6. The number of carbonyl (C=O) groups excluding carboxylic acids is 2. The molecule has 262 valence electrons.